The third-order valence-electron chi connectivity index (χ3n) is 6.36. The molecule has 2 fully saturated rings. The maximum Gasteiger partial charge on any atom is 0.305 e. The lowest BCUT2D eigenvalue weighted by molar-refractivity contribution is -0.192. The fourth-order valence-electron chi connectivity index (χ4n) is 4.60. The second kappa shape index (κ2) is 12.8. The fourth-order valence-corrected chi connectivity index (χ4v) is 4.60. The molecule has 0 N–H and O–H groups in total. The molecule has 170 valence electrons. The average molecular weight is 429 g/mol. The van der Waals surface area contributed by atoms with Crippen LogP contribution in [0.25, 0.3) is 6.08 Å². The number of Topliss-reactive ketones (excluding diaryl/α,β-unsaturated/α-hetero) is 1. The minimum Gasteiger partial charge on any atom is -0.469 e. The van der Waals surface area contributed by atoms with Crippen molar-refractivity contribution in [2.75, 3.05) is 13.7 Å². The Balaban J connectivity index is 1.57. The van der Waals surface area contributed by atoms with Gasteiger partial charge in [0.15, 0.2) is 6.29 Å². The molecule has 1 aliphatic carbocycles. The van der Waals surface area contributed by atoms with E-state index in [1.54, 1.807) is 0 Å². The van der Waals surface area contributed by atoms with Gasteiger partial charge in [-0.3, -0.25) is 9.59 Å². The summed E-state index contributed by atoms with van der Waals surface area (Å²) in [6, 6.07) is 10.2. The molecule has 4 atom stereocenters. The molecule has 0 aromatic heterocycles. The number of esters is 1. The summed E-state index contributed by atoms with van der Waals surface area (Å²) in [4.78, 5) is 24.1. The zero-order chi connectivity index (χ0) is 21.9. The number of rotatable bonds is 11. The van der Waals surface area contributed by atoms with Crippen LogP contribution in [0.1, 0.15) is 69.8 Å². The van der Waals surface area contributed by atoms with Crippen LogP contribution in [0.4, 0.5) is 0 Å². The van der Waals surface area contributed by atoms with E-state index in [2.05, 4.69) is 29.0 Å². The molecule has 1 saturated heterocycles. The van der Waals surface area contributed by atoms with Crippen molar-refractivity contribution in [2.45, 2.75) is 76.6 Å². The van der Waals surface area contributed by atoms with Gasteiger partial charge in [0.05, 0.1) is 13.2 Å². The Morgan fingerprint density at radius 2 is 1.94 bits per heavy atom. The molecule has 5 nitrogen and oxygen atoms in total. The number of ether oxygens (including phenoxy) is 3. The Morgan fingerprint density at radius 3 is 2.68 bits per heavy atom. The summed E-state index contributed by atoms with van der Waals surface area (Å²) in [6.07, 6.45) is 12.7. The largest absolute Gasteiger partial charge is 0.469 e. The van der Waals surface area contributed by atoms with Crippen molar-refractivity contribution in [2.24, 2.45) is 11.8 Å². The second-order valence-corrected chi connectivity index (χ2v) is 8.62. The molecule has 0 amide bonds. The fraction of sp³-hybridized carbons (Fsp3) is 0.615. The van der Waals surface area contributed by atoms with Gasteiger partial charge in [-0.2, -0.15) is 0 Å². The van der Waals surface area contributed by atoms with Gasteiger partial charge in [-0.05, 0) is 37.7 Å². The van der Waals surface area contributed by atoms with E-state index in [9.17, 15) is 9.59 Å². The van der Waals surface area contributed by atoms with Gasteiger partial charge in [-0.1, -0.05) is 61.7 Å². The predicted octanol–water partition coefficient (Wildman–Crippen LogP) is 5.33. The van der Waals surface area contributed by atoms with E-state index in [0.29, 0.717) is 18.6 Å². The molecule has 1 aliphatic heterocycles. The minimum absolute atomic E-state index is 0.00541. The third-order valence-corrected chi connectivity index (χ3v) is 6.36. The van der Waals surface area contributed by atoms with Gasteiger partial charge in [0.1, 0.15) is 5.78 Å². The highest BCUT2D eigenvalue weighted by molar-refractivity contribution is 5.85. The highest BCUT2D eigenvalue weighted by Crippen LogP contribution is 2.38. The zero-order valence-electron chi connectivity index (χ0n) is 18.7. The van der Waals surface area contributed by atoms with E-state index in [1.807, 2.05) is 18.2 Å². The standard InChI is InChI=1S/C26H36O5/c1-29-25(28)14-8-3-2-7-13-21-22(17-16-20-11-5-4-6-12-20)24(19-23(21)27)31-26-15-9-10-18-30-26/h4-6,11-12,16-17,21-22,24,26H,2-3,7-10,13-15,18-19H2,1H3/b17-16+/t21-,22-,24-,26?/m1/s1. The first-order valence-electron chi connectivity index (χ1n) is 11.8. The van der Waals surface area contributed by atoms with Crippen LogP contribution >= 0.6 is 0 Å². The average Bonchev–Trinajstić information content (AvgIpc) is 3.09. The smallest absolute Gasteiger partial charge is 0.305 e. The molecular weight excluding hydrogens is 392 g/mol. The lowest BCUT2D eigenvalue weighted by atomic mass is 9.88. The molecule has 1 unspecified atom stereocenters. The highest BCUT2D eigenvalue weighted by Gasteiger charge is 2.42. The van der Waals surface area contributed by atoms with E-state index in [-0.39, 0.29) is 30.2 Å². The van der Waals surface area contributed by atoms with Crippen LogP contribution in [-0.2, 0) is 23.8 Å². The van der Waals surface area contributed by atoms with E-state index in [1.165, 1.54) is 7.11 Å². The number of unbranched alkanes of at least 4 members (excludes halogenated alkanes) is 3. The number of carbonyl (C=O) groups is 2. The van der Waals surface area contributed by atoms with Crippen LogP contribution in [0.5, 0.6) is 0 Å². The maximum absolute atomic E-state index is 12.9. The first kappa shape index (κ1) is 23.7. The monoisotopic (exact) mass is 428 g/mol. The van der Waals surface area contributed by atoms with E-state index >= 15 is 0 Å². The normalized spacial score (nSPS) is 26.4. The van der Waals surface area contributed by atoms with Crippen molar-refractivity contribution in [1.29, 1.82) is 0 Å². The van der Waals surface area contributed by atoms with Crippen molar-refractivity contribution in [3.05, 3.63) is 42.0 Å². The molecule has 0 bridgehead atoms. The van der Waals surface area contributed by atoms with Crippen LogP contribution in [0.3, 0.4) is 0 Å². The molecule has 0 radical (unpaired) electrons. The number of carbonyl (C=O) groups excluding carboxylic acids is 2. The lowest BCUT2D eigenvalue weighted by Gasteiger charge is -2.28. The number of hydrogen-bond donors (Lipinski definition) is 0. The molecule has 1 saturated carbocycles. The van der Waals surface area contributed by atoms with Crippen LogP contribution < -0.4 is 0 Å². The van der Waals surface area contributed by atoms with Gasteiger partial charge >= 0.3 is 5.97 Å². The highest BCUT2D eigenvalue weighted by atomic mass is 16.7. The second-order valence-electron chi connectivity index (χ2n) is 8.62. The number of ketones is 1. The summed E-state index contributed by atoms with van der Waals surface area (Å²) in [6.45, 7) is 0.741. The van der Waals surface area contributed by atoms with Crippen LogP contribution in [0, 0.1) is 11.8 Å². The van der Waals surface area contributed by atoms with Gasteiger partial charge in [-0.15, -0.1) is 0 Å². The Kier molecular flexibility index (Phi) is 9.76. The molecule has 1 aromatic carbocycles. The molecular formula is C26H36O5. The number of methoxy groups -OCH3 is 1. The Labute approximate surface area is 186 Å². The van der Waals surface area contributed by atoms with Crippen molar-refractivity contribution >= 4 is 17.8 Å². The van der Waals surface area contributed by atoms with Crippen LogP contribution in [0.2, 0.25) is 0 Å². The quantitative estimate of drug-likeness (QED) is 0.352. The molecule has 5 heteroatoms. The SMILES string of the molecule is COC(=O)CCCCCC[C@H]1C(=O)C[C@@H](OC2CCCCO2)[C@@H]1/C=C/c1ccccc1. The summed E-state index contributed by atoms with van der Waals surface area (Å²) < 4.78 is 16.8. The summed E-state index contributed by atoms with van der Waals surface area (Å²) in [5.41, 5.74) is 1.14. The van der Waals surface area contributed by atoms with Crippen LogP contribution in [0.15, 0.2) is 36.4 Å². The van der Waals surface area contributed by atoms with Gasteiger partial charge < -0.3 is 14.2 Å². The van der Waals surface area contributed by atoms with E-state index in [4.69, 9.17) is 9.47 Å². The summed E-state index contributed by atoms with van der Waals surface area (Å²) in [7, 11) is 1.42. The van der Waals surface area contributed by atoms with E-state index in [0.717, 1.165) is 63.5 Å². The first-order chi connectivity index (χ1) is 15.2. The third kappa shape index (κ3) is 7.58. The number of benzene rings is 1. The molecule has 0 spiro atoms. The van der Waals surface area contributed by atoms with Gasteiger partial charge in [0.25, 0.3) is 0 Å². The van der Waals surface area contributed by atoms with Crippen molar-refractivity contribution in [3.63, 3.8) is 0 Å². The molecule has 3 rings (SSSR count). The Bertz CT molecular complexity index is 708. The summed E-state index contributed by atoms with van der Waals surface area (Å²) >= 11 is 0. The molecule has 1 heterocycles. The Morgan fingerprint density at radius 1 is 1.13 bits per heavy atom. The predicted molar refractivity (Wildman–Crippen MR) is 120 cm³/mol. The summed E-state index contributed by atoms with van der Waals surface area (Å²) in [5, 5.41) is 0. The maximum atomic E-state index is 12.9. The molecule has 2 aliphatic rings. The topological polar surface area (TPSA) is 61.8 Å². The van der Waals surface area contributed by atoms with Crippen LogP contribution in [-0.4, -0.2) is 37.9 Å². The number of hydrogen-bond acceptors (Lipinski definition) is 5. The van der Waals surface area contributed by atoms with E-state index < -0.39 is 0 Å². The van der Waals surface area contributed by atoms with Gasteiger partial charge in [-0.25, -0.2) is 0 Å². The molecule has 31 heavy (non-hydrogen) atoms. The Hall–Kier alpha value is -1.98. The van der Waals surface area contributed by atoms with Crippen molar-refractivity contribution in [3.8, 4) is 0 Å². The summed E-state index contributed by atoms with van der Waals surface area (Å²) in [5.74, 6) is 0.225. The van der Waals surface area contributed by atoms with Gasteiger partial charge in [0, 0.05) is 31.3 Å². The lowest BCUT2D eigenvalue weighted by Crippen LogP contribution is -2.30. The van der Waals surface area contributed by atoms with Crippen molar-refractivity contribution in [1.82, 2.24) is 0 Å². The molecule has 1 aromatic rings. The van der Waals surface area contributed by atoms with Crippen molar-refractivity contribution < 1.29 is 23.8 Å². The zero-order valence-corrected chi connectivity index (χ0v) is 18.7. The first-order valence-corrected chi connectivity index (χ1v) is 11.8. The van der Waals surface area contributed by atoms with Gasteiger partial charge in [0.2, 0.25) is 0 Å². The minimum atomic E-state index is -0.184.